The second kappa shape index (κ2) is 7.28. The highest BCUT2D eigenvalue weighted by Crippen LogP contribution is 2.45. The highest BCUT2D eigenvalue weighted by molar-refractivity contribution is 5.80. The molecule has 138 valence electrons. The Morgan fingerprint density at radius 1 is 1.25 bits per heavy atom. The molecule has 2 N–H and O–H groups in total. The van der Waals surface area contributed by atoms with E-state index in [0.29, 0.717) is 12.3 Å². The number of nitrogens with one attached hydrogen (secondary N) is 1. The van der Waals surface area contributed by atoms with Gasteiger partial charge in [-0.3, -0.25) is 0 Å². The van der Waals surface area contributed by atoms with Crippen molar-refractivity contribution in [3.63, 3.8) is 0 Å². The third-order valence-corrected chi connectivity index (χ3v) is 5.17. The molecule has 0 aromatic heterocycles. The normalized spacial score (nSPS) is 32.0. The molecule has 2 aliphatic carbocycles. The fourth-order valence-electron chi connectivity index (χ4n) is 3.70. The van der Waals surface area contributed by atoms with Crippen LogP contribution in [-0.2, 0) is 9.53 Å². The second-order valence-corrected chi connectivity index (χ2v) is 8.47. The molecule has 0 aliphatic heterocycles. The molecule has 1 unspecified atom stereocenters. The summed E-state index contributed by atoms with van der Waals surface area (Å²) in [5.41, 5.74) is -0.724. The first kappa shape index (κ1) is 19.0. The molecule has 2 fully saturated rings. The average molecular weight is 343 g/mol. The number of hydrogen-bond acceptors (Lipinski definition) is 3. The summed E-state index contributed by atoms with van der Waals surface area (Å²) in [4.78, 5) is 23.6. The first-order valence-electron chi connectivity index (χ1n) is 8.95. The first-order valence-corrected chi connectivity index (χ1v) is 8.95. The average Bonchev–Trinajstić information content (AvgIpc) is 3.23. The maximum absolute atomic E-state index is 15.1. The van der Waals surface area contributed by atoms with E-state index in [0.717, 1.165) is 25.7 Å². The number of carboxylic acid groups (broad SMARTS) is 1. The molecule has 24 heavy (non-hydrogen) atoms. The van der Waals surface area contributed by atoms with E-state index in [1.165, 1.54) is 0 Å². The summed E-state index contributed by atoms with van der Waals surface area (Å²) < 4.78 is 20.2. The summed E-state index contributed by atoms with van der Waals surface area (Å²) in [7, 11) is 0. The molecule has 0 spiro atoms. The van der Waals surface area contributed by atoms with Gasteiger partial charge in [0, 0.05) is 5.92 Å². The Hall–Kier alpha value is -1.33. The van der Waals surface area contributed by atoms with Gasteiger partial charge in [0.2, 0.25) is 0 Å². The van der Waals surface area contributed by atoms with Crippen molar-refractivity contribution in [1.82, 2.24) is 5.32 Å². The number of rotatable bonds is 5. The fraction of sp³-hybridized carbons (Fsp3) is 0.889. The lowest BCUT2D eigenvalue weighted by Crippen LogP contribution is -2.53. The fourth-order valence-corrected chi connectivity index (χ4v) is 3.70. The minimum Gasteiger partial charge on any atom is -0.480 e. The van der Waals surface area contributed by atoms with E-state index in [9.17, 15) is 14.7 Å². The number of halogens is 1. The summed E-state index contributed by atoms with van der Waals surface area (Å²) in [5, 5.41) is 11.9. The monoisotopic (exact) mass is 343 g/mol. The van der Waals surface area contributed by atoms with Crippen LogP contribution < -0.4 is 5.32 Å². The summed E-state index contributed by atoms with van der Waals surface area (Å²) in [6.45, 7) is 7.16. The first-order chi connectivity index (χ1) is 11.1. The Balaban J connectivity index is 2.05. The van der Waals surface area contributed by atoms with Crippen molar-refractivity contribution in [3.05, 3.63) is 0 Å². The molecular formula is C18H30FNO4. The maximum Gasteiger partial charge on any atom is 0.408 e. The molecule has 5 nitrogen and oxygen atoms in total. The standard InChI is InChI=1S/C18H30FNO4/c1-10-5-8-12(14(19)13(10)9-11-6-7-11)15(16(21)22)20-17(23)24-18(2,3)4/h10-15H,5-9H2,1-4H3,(H,20,23)(H,21,22)/t10?,12-,13-,14+,15+/m1/s1. The van der Waals surface area contributed by atoms with Gasteiger partial charge in [0.05, 0.1) is 0 Å². The van der Waals surface area contributed by atoms with Crippen LogP contribution in [0.1, 0.15) is 59.8 Å². The van der Waals surface area contributed by atoms with Gasteiger partial charge < -0.3 is 15.2 Å². The van der Waals surface area contributed by atoms with Crippen molar-refractivity contribution in [1.29, 1.82) is 0 Å². The topological polar surface area (TPSA) is 75.6 Å². The highest BCUT2D eigenvalue weighted by atomic mass is 19.1. The summed E-state index contributed by atoms with van der Waals surface area (Å²) in [6, 6.07) is -1.25. The number of ether oxygens (including phenoxy) is 1. The van der Waals surface area contributed by atoms with Crippen molar-refractivity contribution in [2.24, 2.45) is 23.7 Å². The van der Waals surface area contributed by atoms with Gasteiger partial charge in [-0.15, -0.1) is 0 Å². The van der Waals surface area contributed by atoms with E-state index in [2.05, 4.69) is 5.32 Å². The van der Waals surface area contributed by atoms with Crippen LogP contribution in [0.3, 0.4) is 0 Å². The molecule has 0 heterocycles. The van der Waals surface area contributed by atoms with Gasteiger partial charge in [-0.25, -0.2) is 14.0 Å². The Labute approximate surface area is 143 Å². The lowest BCUT2D eigenvalue weighted by molar-refractivity contribution is -0.143. The van der Waals surface area contributed by atoms with Gasteiger partial charge in [-0.2, -0.15) is 0 Å². The third-order valence-electron chi connectivity index (χ3n) is 5.17. The molecule has 5 atom stereocenters. The van der Waals surface area contributed by atoms with Gasteiger partial charge in [0.15, 0.2) is 0 Å². The van der Waals surface area contributed by atoms with Gasteiger partial charge in [-0.1, -0.05) is 19.8 Å². The van der Waals surface area contributed by atoms with E-state index in [-0.39, 0.29) is 11.8 Å². The van der Waals surface area contributed by atoms with E-state index in [1.807, 2.05) is 6.92 Å². The van der Waals surface area contributed by atoms with Gasteiger partial charge >= 0.3 is 12.1 Å². The van der Waals surface area contributed by atoms with Crippen LogP contribution in [0, 0.1) is 23.7 Å². The van der Waals surface area contributed by atoms with Crippen LogP contribution in [-0.4, -0.2) is 35.0 Å². The van der Waals surface area contributed by atoms with Crippen molar-refractivity contribution in [3.8, 4) is 0 Å². The van der Waals surface area contributed by atoms with E-state index in [4.69, 9.17) is 4.74 Å². The van der Waals surface area contributed by atoms with Crippen molar-refractivity contribution in [2.45, 2.75) is 77.6 Å². The molecule has 2 saturated carbocycles. The number of carboxylic acids is 1. The minimum absolute atomic E-state index is 0.112. The predicted molar refractivity (Wildman–Crippen MR) is 88.4 cm³/mol. The molecule has 0 radical (unpaired) electrons. The van der Waals surface area contributed by atoms with Crippen LogP contribution in [0.5, 0.6) is 0 Å². The van der Waals surface area contributed by atoms with Crippen LogP contribution in [0.4, 0.5) is 9.18 Å². The lowest BCUT2D eigenvalue weighted by Gasteiger charge is -2.40. The molecular weight excluding hydrogens is 313 g/mol. The molecule has 0 aromatic rings. The number of alkyl carbamates (subject to hydrolysis) is 1. The zero-order chi connectivity index (χ0) is 18.1. The quantitative estimate of drug-likeness (QED) is 0.797. The second-order valence-electron chi connectivity index (χ2n) is 8.47. The number of carbonyl (C=O) groups excluding carboxylic acids is 1. The summed E-state index contributed by atoms with van der Waals surface area (Å²) in [6.07, 6.45) is 2.39. The van der Waals surface area contributed by atoms with Gasteiger partial charge in [0.1, 0.15) is 17.8 Å². The maximum atomic E-state index is 15.1. The zero-order valence-electron chi connectivity index (χ0n) is 15.0. The molecule has 2 aliphatic rings. The van der Waals surface area contributed by atoms with Crippen molar-refractivity contribution in [2.75, 3.05) is 0 Å². The Morgan fingerprint density at radius 2 is 1.88 bits per heavy atom. The number of carbonyl (C=O) groups is 2. The lowest BCUT2D eigenvalue weighted by atomic mass is 9.69. The molecule has 0 saturated heterocycles. The van der Waals surface area contributed by atoms with Crippen molar-refractivity contribution >= 4 is 12.1 Å². The SMILES string of the molecule is CC1CC[C@@H]([C@H](NC(=O)OC(C)(C)C)C(=O)O)[C@H](F)[C@@H]1CC1CC1. The molecule has 0 aromatic carbocycles. The van der Waals surface area contributed by atoms with E-state index < -0.39 is 35.8 Å². The van der Waals surface area contributed by atoms with Crippen LogP contribution in [0.15, 0.2) is 0 Å². The number of aliphatic carboxylic acids is 1. The van der Waals surface area contributed by atoms with Gasteiger partial charge in [0.25, 0.3) is 0 Å². The van der Waals surface area contributed by atoms with Gasteiger partial charge in [-0.05, 0) is 57.8 Å². The zero-order valence-corrected chi connectivity index (χ0v) is 15.0. The molecule has 2 rings (SSSR count). The van der Waals surface area contributed by atoms with Crippen LogP contribution in [0.25, 0.3) is 0 Å². The smallest absolute Gasteiger partial charge is 0.408 e. The number of amides is 1. The van der Waals surface area contributed by atoms with Crippen LogP contribution >= 0.6 is 0 Å². The number of hydrogen-bond donors (Lipinski definition) is 2. The Kier molecular flexibility index (Phi) is 5.76. The summed E-state index contributed by atoms with van der Waals surface area (Å²) in [5.74, 6) is -1.16. The van der Waals surface area contributed by atoms with E-state index >= 15 is 4.39 Å². The summed E-state index contributed by atoms with van der Waals surface area (Å²) >= 11 is 0. The predicted octanol–water partition coefficient (Wildman–Crippen LogP) is 3.76. The van der Waals surface area contributed by atoms with Crippen LogP contribution in [0.2, 0.25) is 0 Å². The molecule has 1 amide bonds. The minimum atomic E-state index is -1.25. The third kappa shape index (κ3) is 5.08. The van der Waals surface area contributed by atoms with E-state index in [1.54, 1.807) is 20.8 Å². The molecule has 0 bridgehead atoms. The number of alkyl halides is 1. The largest absolute Gasteiger partial charge is 0.480 e. The molecule has 6 heteroatoms. The Bertz CT molecular complexity index is 472. The highest BCUT2D eigenvalue weighted by Gasteiger charge is 2.46. The Morgan fingerprint density at radius 3 is 2.38 bits per heavy atom. The van der Waals surface area contributed by atoms with Crippen molar-refractivity contribution < 1.29 is 23.8 Å².